The first kappa shape index (κ1) is 15.5. The number of rotatable bonds is 3. The largest absolute Gasteiger partial charge is 0.495 e. The number of para-hydroxylation sites is 1. The maximum atomic E-state index is 12.8. The van der Waals surface area contributed by atoms with Gasteiger partial charge in [0.25, 0.3) is 0 Å². The summed E-state index contributed by atoms with van der Waals surface area (Å²) in [7, 11) is -2.70. The standard InChI is InChI=1S/C13H16N2O5S/c1-13(2)12(17)14-11(16)8-15(13)21(18,19)10-7-5-4-6-9(10)20-3/h4-7H,8H2,1-3H3,(H,14,16,17). The molecule has 1 aromatic rings. The highest BCUT2D eigenvalue weighted by atomic mass is 32.2. The summed E-state index contributed by atoms with van der Waals surface area (Å²) in [5.74, 6) is -1.15. The Morgan fingerprint density at radius 3 is 2.48 bits per heavy atom. The summed E-state index contributed by atoms with van der Waals surface area (Å²) in [4.78, 5) is 23.4. The molecule has 0 saturated carbocycles. The third-order valence-electron chi connectivity index (χ3n) is 3.36. The first-order chi connectivity index (χ1) is 9.71. The minimum absolute atomic E-state index is 0.0805. The van der Waals surface area contributed by atoms with Crippen LogP contribution < -0.4 is 10.1 Å². The number of hydrogen-bond donors (Lipinski definition) is 1. The van der Waals surface area contributed by atoms with Crippen LogP contribution in [0.1, 0.15) is 13.8 Å². The number of sulfonamides is 1. The fraction of sp³-hybridized carbons (Fsp3) is 0.385. The molecule has 7 nitrogen and oxygen atoms in total. The number of hydrogen-bond acceptors (Lipinski definition) is 5. The Morgan fingerprint density at radius 1 is 1.24 bits per heavy atom. The van der Waals surface area contributed by atoms with Gasteiger partial charge in [-0.25, -0.2) is 8.42 Å². The highest BCUT2D eigenvalue weighted by Crippen LogP contribution is 2.31. The van der Waals surface area contributed by atoms with E-state index in [1.165, 1.54) is 33.1 Å². The number of imide groups is 1. The SMILES string of the molecule is COc1ccccc1S(=O)(=O)N1CC(=O)NC(=O)C1(C)C. The van der Waals surface area contributed by atoms with Crippen LogP contribution in [-0.4, -0.2) is 43.7 Å². The Labute approximate surface area is 122 Å². The van der Waals surface area contributed by atoms with E-state index in [-0.39, 0.29) is 10.6 Å². The molecule has 0 aromatic heterocycles. The van der Waals surface area contributed by atoms with Gasteiger partial charge in [0, 0.05) is 0 Å². The van der Waals surface area contributed by atoms with Gasteiger partial charge in [0.05, 0.1) is 13.7 Å². The lowest BCUT2D eigenvalue weighted by Crippen LogP contribution is -2.65. The quantitative estimate of drug-likeness (QED) is 0.800. The molecule has 0 aliphatic carbocycles. The van der Waals surface area contributed by atoms with Crippen molar-refractivity contribution in [3.63, 3.8) is 0 Å². The van der Waals surface area contributed by atoms with E-state index < -0.39 is 33.9 Å². The van der Waals surface area contributed by atoms with Gasteiger partial charge in [-0.3, -0.25) is 14.9 Å². The highest BCUT2D eigenvalue weighted by Gasteiger charge is 2.48. The summed E-state index contributed by atoms with van der Waals surface area (Å²) >= 11 is 0. The summed E-state index contributed by atoms with van der Waals surface area (Å²) < 4.78 is 31.5. The number of carbonyl (C=O) groups is 2. The topological polar surface area (TPSA) is 92.8 Å². The minimum Gasteiger partial charge on any atom is -0.495 e. The number of methoxy groups -OCH3 is 1. The molecule has 1 aromatic carbocycles. The van der Waals surface area contributed by atoms with Gasteiger partial charge < -0.3 is 4.74 Å². The van der Waals surface area contributed by atoms with E-state index in [9.17, 15) is 18.0 Å². The lowest BCUT2D eigenvalue weighted by molar-refractivity contribution is -0.141. The fourth-order valence-electron chi connectivity index (χ4n) is 2.10. The van der Waals surface area contributed by atoms with Gasteiger partial charge in [0.1, 0.15) is 16.2 Å². The normalized spacial score (nSPS) is 19.2. The molecule has 8 heteroatoms. The van der Waals surface area contributed by atoms with Crippen LogP contribution in [0.4, 0.5) is 0 Å². The zero-order chi connectivity index (χ0) is 15.8. The molecule has 2 amide bonds. The third-order valence-corrected chi connectivity index (χ3v) is 5.42. The molecule has 2 rings (SSSR count). The molecule has 0 radical (unpaired) electrons. The average molecular weight is 312 g/mol. The van der Waals surface area contributed by atoms with Crippen LogP contribution in [-0.2, 0) is 19.6 Å². The average Bonchev–Trinajstić information content (AvgIpc) is 2.43. The van der Waals surface area contributed by atoms with Crippen molar-refractivity contribution in [1.29, 1.82) is 0 Å². The number of ether oxygens (including phenoxy) is 1. The van der Waals surface area contributed by atoms with E-state index >= 15 is 0 Å². The molecule has 21 heavy (non-hydrogen) atoms. The molecular formula is C13H16N2O5S. The van der Waals surface area contributed by atoms with E-state index in [0.717, 1.165) is 4.31 Å². The summed E-state index contributed by atoms with van der Waals surface area (Å²) in [5, 5.41) is 2.14. The van der Waals surface area contributed by atoms with Gasteiger partial charge in [-0.05, 0) is 26.0 Å². The van der Waals surface area contributed by atoms with Crippen LogP contribution in [0.5, 0.6) is 5.75 Å². The lowest BCUT2D eigenvalue weighted by atomic mass is 10.0. The van der Waals surface area contributed by atoms with Crippen LogP contribution in [0.25, 0.3) is 0 Å². The highest BCUT2D eigenvalue weighted by molar-refractivity contribution is 7.89. The number of carbonyl (C=O) groups excluding carboxylic acids is 2. The van der Waals surface area contributed by atoms with Gasteiger partial charge in [-0.15, -0.1) is 0 Å². The molecule has 0 bridgehead atoms. The van der Waals surface area contributed by atoms with E-state index in [2.05, 4.69) is 5.32 Å². The van der Waals surface area contributed by atoms with Crippen LogP contribution in [0.2, 0.25) is 0 Å². The summed E-state index contributed by atoms with van der Waals surface area (Å²) in [6.07, 6.45) is 0. The Hall–Kier alpha value is -1.93. The number of nitrogens with one attached hydrogen (secondary N) is 1. The summed E-state index contributed by atoms with van der Waals surface area (Å²) in [5.41, 5.74) is -1.37. The maximum Gasteiger partial charge on any atom is 0.248 e. The van der Waals surface area contributed by atoms with Crippen molar-refractivity contribution in [2.45, 2.75) is 24.3 Å². The van der Waals surface area contributed by atoms with Crippen molar-refractivity contribution in [2.75, 3.05) is 13.7 Å². The van der Waals surface area contributed by atoms with Crippen molar-refractivity contribution in [2.24, 2.45) is 0 Å². The molecule has 1 saturated heterocycles. The van der Waals surface area contributed by atoms with Crippen LogP contribution in [0, 0.1) is 0 Å². The molecule has 0 spiro atoms. The molecule has 0 atom stereocenters. The predicted molar refractivity (Wildman–Crippen MR) is 74.1 cm³/mol. The molecule has 1 fully saturated rings. The Kier molecular flexibility index (Phi) is 3.77. The molecule has 1 aliphatic rings. The molecule has 1 heterocycles. The predicted octanol–water partition coefficient (Wildman–Crippen LogP) is 0.121. The van der Waals surface area contributed by atoms with E-state index in [4.69, 9.17) is 4.74 Å². The van der Waals surface area contributed by atoms with Crippen LogP contribution >= 0.6 is 0 Å². The second-order valence-corrected chi connectivity index (χ2v) is 6.93. The van der Waals surface area contributed by atoms with Crippen molar-refractivity contribution in [3.05, 3.63) is 24.3 Å². The van der Waals surface area contributed by atoms with Gasteiger partial charge >= 0.3 is 0 Å². The first-order valence-electron chi connectivity index (χ1n) is 6.21. The zero-order valence-corrected chi connectivity index (χ0v) is 12.7. The monoisotopic (exact) mass is 312 g/mol. The van der Waals surface area contributed by atoms with E-state index in [0.29, 0.717) is 0 Å². The first-order valence-corrected chi connectivity index (χ1v) is 7.65. The molecule has 1 aliphatic heterocycles. The Balaban J connectivity index is 2.57. The van der Waals surface area contributed by atoms with Crippen molar-refractivity contribution < 1.29 is 22.7 Å². The maximum absolute atomic E-state index is 12.8. The number of benzene rings is 1. The summed E-state index contributed by atoms with van der Waals surface area (Å²) in [6.45, 7) is 2.47. The Morgan fingerprint density at radius 2 is 1.86 bits per heavy atom. The molecule has 0 unspecified atom stereocenters. The second kappa shape index (κ2) is 5.12. The fourth-order valence-corrected chi connectivity index (χ4v) is 3.96. The molecular weight excluding hydrogens is 296 g/mol. The van der Waals surface area contributed by atoms with Gasteiger partial charge in [-0.1, -0.05) is 12.1 Å². The smallest absolute Gasteiger partial charge is 0.248 e. The number of piperazine rings is 1. The van der Waals surface area contributed by atoms with Gasteiger partial charge in [0.15, 0.2) is 0 Å². The van der Waals surface area contributed by atoms with Gasteiger partial charge in [-0.2, -0.15) is 4.31 Å². The van der Waals surface area contributed by atoms with E-state index in [1.807, 2.05) is 0 Å². The van der Waals surface area contributed by atoms with E-state index in [1.54, 1.807) is 12.1 Å². The molecule has 1 N–H and O–H groups in total. The van der Waals surface area contributed by atoms with Crippen molar-refractivity contribution >= 4 is 21.8 Å². The molecule has 114 valence electrons. The summed E-state index contributed by atoms with van der Waals surface area (Å²) in [6, 6.07) is 6.07. The van der Waals surface area contributed by atoms with Gasteiger partial charge in [0.2, 0.25) is 21.8 Å². The zero-order valence-electron chi connectivity index (χ0n) is 11.9. The number of amides is 2. The van der Waals surface area contributed by atoms with Crippen molar-refractivity contribution in [3.8, 4) is 5.75 Å². The number of nitrogens with zero attached hydrogens (tertiary/aromatic N) is 1. The second-order valence-electron chi connectivity index (χ2n) is 5.10. The van der Waals surface area contributed by atoms with Crippen LogP contribution in [0.3, 0.4) is 0 Å². The minimum atomic E-state index is -4.05. The van der Waals surface area contributed by atoms with Crippen molar-refractivity contribution in [1.82, 2.24) is 9.62 Å². The lowest BCUT2D eigenvalue weighted by Gasteiger charge is -2.38. The Bertz CT molecular complexity index is 696. The van der Waals surface area contributed by atoms with Crippen LogP contribution in [0.15, 0.2) is 29.2 Å². The third kappa shape index (κ3) is 2.52.